The zero-order valence-electron chi connectivity index (χ0n) is 11.7. The molecule has 0 spiro atoms. The van der Waals surface area contributed by atoms with Gasteiger partial charge in [-0.05, 0) is 57.7 Å². The Morgan fingerprint density at radius 3 is 2.80 bits per heavy atom. The van der Waals surface area contributed by atoms with Gasteiger partial charge in [-0.2, -0.15) is 0 Å². The molecule has 0 bridgehead atoms. The Kier molecular flexibility index (Phi) is 4.26. The molecule has 4 heteroatoms. The van der Waals surface area contributed by atoms with Gasteiger partial charge in [-0.15, -0.1) is 11.3 Å². The number of fused-ring (bicyclic) bond motifs is 1. The van der Waals surface area contributed by atoms with E-state index in [1.54, 1.807) is 11.3 Å². The van der Waals surface area contributed by atoms with E-state index in [0.29, 0.717) is 0 Å². The van der Waals surface area contributed by atoms with Crippen LogP contribution in [-0.2, 0) is 18.0 Å². The predicted octanol–water partition coefficient (Wildman–Crippen LogP) is 4.55. The molecule has 1 aromatic carbocycles. The summed E-state index contributed by atoms with van der Waals surface area (Å²) in [4.78, 5) is 1.36. The van der Waals surface area contributed by atoms with Gasteiger partial charge < -0.3 is 10.1 Å². The average molecular weight is 352 g/mol. The first kappa shape index (κ1) is 14.3. The van der Waals surface area contributed by atoms with Gasteiger partial charge in [0.1, 0.15) is 0 Å². The molecule has 1 unspecified atom stereocenters. The van der Waals surface area contributed by atoms with E-state index in [2.05, 4.69) is 59.4 Å². The molecule has 2 heterocycles. The van der Waals surface area contributed by atoms with E-state index in [-0.39, 0.29) is 6.04 Å². The van der Waals surface area contributed by atoms with Gasteiger partial charge >= 0.3 is 0 Å². The van der Waals surface area contributed by atoms with Gasteiger partial charge in [0.2, 0.25) is 0 Å². The quantitative estimate of drug-likeness (QED) is 0.872. The summed E-state index contributed by atoms with van der Waals surface area (Å²) >= 11 is 5.39. The molecule has 2 nitrogen and oxygen atoms in total. The number of rotatable bonds is 4. The summed E-state index contributed by atoms with van der Waals surface area (Å²) in [5.41, 5.74) is 5.34. The minimum absolute atomic E-state index is 0.258. The van der Waals surface area contributed by atoms with Gasteiger partial charge in [0.15, 0.2) is 0 Å². The van der Waals surface area contributed by atoms with Crippen molar-refractivity contribution in [3.63, 3.8) is 0 Å². The molecule has 20 heavy (non-hydrogen) atoms. The maximum Gasteiger partial charge on any atom is 0.0725 e. The number of aryl methyl sites for hydroxylation is 1. The number of thiophene rings is 1. The van der Waals surface area contributed by atoms with Gasteiger partial charge in [0.05, 0.1) is 23.0 Å². The summed E-state index contributed by atoms with van der Waals surface area (Å²) in [5, 5.41) is 3.61. The lowest BCUT2D eigenvalue weighted by Crippen LogP contribution is -2.22. The summed E-state index contributed by atoms with van der Waals surface area (Å²) in [5.74, 6) is 0. The molecule has 2 aromatic rings. The number of halogens is 1. The molecule has 0 aliphatic carbocycles. The van der Waals surface area contributed by atoms with Crippen LogP contribution in [0, 0.1) is 6.92 Å². The van der Waals surface area contributed by atoms with Crippen molar-refractivity contribution in [2.45, 2.75) is 33.1 Å². The van der Waals surface area contributed by atoms with Gasteiger partial charge in [-0.3, -0.25) is 0 Å². The average Bonchev–Trinajstić information content (AvgIpc) is 3.01. The third-order valence-electron chi connectivity index (χ3n) is 3.72. The largest absolute Gasteiger partial charge is 0.372 e. The molecular formula is C16H18BrNOS. The van der Waals surface area contributed by atoms with Crippen LogP contribution in [0.1, 0.15) is 40.1 Å². The Balaban J connectivity index is 2.00. The summed E-state index contributed by atoms with van der Waals surface area (Å²) < 4.78 is 6.71. The number of hydrogen-bond acceptors (Lipinski definition) is 3. The highest BCUT2D eigenvalue weighted by Gasteiger charge is 2.20. The van der Waals surface area contributed by atoms with Crippen molar-refractivity contribution in [2.75, 3.05) is 6.54 Å². The van der Waals surface area contributed by atoms with Gasteiger partial charge in [0, 0.05) is 4.88 Å². The zero-order valence-corrected chi connectivity index (χ0v) is 14.1. The van der Waals surface area contributed by atoms with Crippen LogP contribution < -0.4 is 5.32 Å². The molecule has 1 N–H and O–H groups in total. The molecule has 1 aromatic heterocycles. The fourth-order valence-electron chi connectivity index (χ4n) is 2.73. The molecule has 1 atom stereocenters. The second-order valence-corrected chi connectivity index (χ2v) is 7.71. The van der Waals surface area contributed by atoms with Crippen molar-refractivity contribution in [1.29, 1.82) is 0 Å². The van der Waals surface area contributed by atoms with E-state index in [9.17, 15) is 0 Å². The minimum atomic E-state index is 0.258. The topological polar surface area (TPSA) is 21.3 Å². The smallest absolute Gasteiger partial charge is 0.0725 e. The fourth-order valence-corrected chi connectivity index (χ4v) is 4.48. The van der Waals surface area contributed by atoms with Crippen molar-refractivity contribution in [3.05, 3.63) is 55.2 Å². The summed E-state index contributed by atoms with van der Waals surface area (Å²) in [6.07, 6.45) is 0. The van der Waals surface area contributed by atoms with Crippen molar-refractivity contribution in [1.82, 2.24) is 5.32 Å². The first-order valence-electron chi connectivity index (χ1n) is 6.87. The standard InChI is InChI=1S/C16H18BrNOS/c1-3-18-16(14-7-15(17)20-10(14)2)11-4-5-12-8-19-9-13(12)6-11/h4-7,16,18H,3,8-9H2,1-2H3. The van der Waals surface area contributed by atoms with Gasteiger partial charge in [-0.1, -0.05) is 25.1 Å². The number of ether oxygens (including phenoxy) is 1. The highest BCUT2D eigenvalue weighted by molar-refractivity contribution is 9.11. The first-order chi connectivity index (χ1) is 9.69. The predicted molar refractivity (Wildman–Crippen MR) is 87.2 cm³/mol. The van der Waals surface area contributed by atoms with Crippen LogP contribution in [0.15, 0.2) is 28.1 Å². The lowest BCUT2D eigenvalue weighted by atomic mass is 9.96. The van der Waals surface area contributed by atoms with Crippen molar-refractivity contribution in [2.24, 2.45) is 0 Å². The van der Waals surface area contributed by atoms with Crippen molar-refractivity contribution < 1.29 is 4.74 Å². The van der Waals surface area contributed by atoms with Crippen LogP contribution in [-0.4, -0.2) is 6.54 Å². The van der Waals surface area contributed by atoms with Crippen LogP contribution in [0.4, 0.5) is 0 Å². The number of nitrogens with one attached hydrogen (secondary N) is 1. The molecule has 0 fully saturated rings. The molecule has 1 aliphatic heterocycles. The number of benzene rings is 1. The van der Waals surface area contributed by atoms with Gasteiger partial charge in [-0.25, -0.2) is 0 Å². The lowest BCUT2D eigenvalue weighted by molar-refractivity contribution is 0.134. The third-order valence-corrected chi connectivity index (χ3v) is 5.29. The Morgan fingerprint density at radius 1 is 1.30 bits per heavy atom. The van der Waals surface area contributed by atoms with Crippen LogP contribution in [0.25, 0.3) is 0 Å². The maximum atomic E-state index is 5.52. The van der Waals surface area contributed by atoms with Crippen LogP contribution in [0.2, 0.25) is 0 Å². The fraction of sp³-hybridized carbons (Fsp3) is 0.375. The number of hydrogen-bond donors (Lipinski definition) is 1. The first-order valence-corrected chi connectivity index (χ1v) is 8.48. The van der Waals surface area contributed by atoms with E-state index in [0.717, 1.165) is 19.8 Å². The zero-order chi connectivity index (χ0) is 14.1. The van der Waals surface area contributed by atoms with E-state index in [1.807, 2.05) is 0 Å². The molecule has 106 valence electrons. The second kappa shape index (κ2) is 5.98. The van der Waals surface area contributed by atoms with Crippen LogP contribution in [0.3, 0.4) is 0 Å². The molecule has 0 saturated heterocycles. The second-order valence-electron chi connectivity index (χ2n) is 5.07. The SMILES string of the molecule is CCNC(c1ccc2c(c1)COC2)c1cc(Br)sc1C. The van der Waals surface area contributed by atoms with Crippen molar-refractivity contribution in [3.8, 4) is 0 Å². The normalized spacial score (nSPS) is 15.3. The molecular weight excluding hydrogens is 334 g/mol. The molecule has 0 saturated carbocycles. The monoisotopic (exact) mass is 351 g/mol. The summed E-state index contributed by atoms with van der Waals surface area (Å²) in [6, 6.07) is 9.22. The highest BCUT2D eigenvalue weighted by Crippen LogP contribution is 2.35. The van der Waals surface area contributed by atoms with Gasteiger partial charge in [0.25, 0.3) is 0 Å². The van der Waals surface area contributed by atoms with E-state index < -0.39 is 0 Å². The third kappa shape index (κ3) is 2.70. The Labute approximate surface area is 132 Å². The Hall–Kier alpha value is -0.680. The Bertz CT molecular complexity index is 623. The molecule has 0 radical (unpaired) electrons. The summed E-state index contributed by atoms with van der Waals surface area (Å²) in [7, 11) is 0. The Morgan fingerprint density at radius 2 is 2.10 bits per heavy atom. The van der Waals surface area contributed by atoms with E-state index in [1.165, 1.54) is 30.9 Å². The van der Waals surface area contributed by atoms with E-state index >= 15 is 0 Å². The molecule has 3 rings (SSSR count). The minimum Gasteiger partial charge on any atom is -0.372 e. The summed E-state index contributed by atoms with van der Waals surface area (Å²) in [6.45, 7) is 6.79. The molecule has 1 aliphatic rings. The van der Waals surface area contributed by atoms with Crippen LogP contribution in [0.5, 0.6) is 0 Å². The van der Waals surface area contributed by atoms with Crippen LogP contribution >= 0.6 is 27.3 Å². The maximum absolute atomic E-state index is 5.52. The highest BCUT2D eigenvalue weighted by atomic mass is 79.9. The van der Waals surface area contributed by atoms with Crippen molar-refractivity contribution >= 4 is 27.3 Å². The molecule has 0 amide bonds. The van der Waals surface area contributed by atoms with E-state index in [4.69, 9.17) is 4.74 Å². The lowest BCUT2D eigenvalue weighted by Gasteiger charge is -2.19.